The van der Waals surface area contributed by atoms with Crippen LogP contribution in [0.1, 0.15) is 16.7 Å². The van der Waals surface area contributed by atoms with Crippen LogP contribution < -0.4 is 0 Å². The molecule has 0 radical (unpaired) electrons. The average molecular weight is 335 g/mol. The lowest BCUT2D eigenvalue weighted by molar-refractivity contribution is -0.274. The van der Waals surface area contributed by atoms with E-state index in [-0.39, 0.29) is 11.1 Å². The van der Waals surface area contributed by atoms with Crippen LogP contribution in [-0.4, -0.2) is 12.6 Å². The minimum atomic E-state index is -5.67. The van der Waals surface area contributed by atoms with Gasteiger partial charge in [-0.2, -0.15) is 13.2 Å². The van der Waals surface area contributed by atoms with E-state index in [0.717, 1.165) is 12.1 Å². The minimum Gasteiger partial charge on any atom is -0.222 e. The van der Waals surface area contributed by atoms with Crippen LogP contribution in [-0.2, 0) is 5.67 Å². The number of alkyl halides is 6. The SMILES string of the molecule is Cc1cc(C(F)(C(F)F)C(F)(F)F)cc(C)c1Br. The molecule has 0 heterocycles. The van der Waals surface area contributed by atoms with E-state index < -0.39 is 23.8 Å². The molecule has 102 valence electrons. The molecule has 0 amide bonds. The van der Waals surface area contributed by atoms with Crippen molar-refractivity contribution in [2.24, 2.45) is 0 Å². The first-order chi connectivity index (χ1) is 8.01. The van der Waals surface area contributed by atoms with Gasteiger partial charge in [-0.15, -0.1) is 0 Å². The summed E-state index contributed by atoms with van der Waals surface area (Å²) in [5.74, 6) is 0. The van der Waals surface area contributed by atoms with Crippen molar-refractivity contribution < 1.29 is 26.3 Å². The Bertz CT molecular complexity index is 430. The molecule has 0 nitrogen and oxygen atoms in total. The molecular weight excluding hydrogens is 326 g/mol. The summed E-state index contributed by atoms with van der Waals surface area (Å²) >= 11 is 3.08. The molecule has 1 aromatic carbocycles. The molecule has 0 N–H and O–H groups in total. The van der Waals surface area contributed by atoms with Gasteiger partial charge in [0.25, 0.3) is 12.1 Å². The maximum atomic E-state index is 13.8. The molecular formula is C11H9BrF6. The van der Waals surface area contributed by atoms with E-state index in [9.17, 15) is 26.3 Å². The van der Waals surface area contributed by atoms with Gasteiger partial charge in [0, 0.05) is 10.0 Å². The van der Waals surface area contributed by atoms with E-state index in [2.05, 4.69) is 15.9 Å². The second-order valence-corrected chi connectivity index (χ2v) is 4.73. The highest BCUT2D eigenvalue weighted by atomic mass is 79.9. The van der Waals surface area contributed by atoms with E-state index in [1.165, 1.54) is 13.8 Å². The first-order valence-corrected chi connectivity index (χ1v) is 5.62. The van der Waals surface area contributed by atoms with Gasteiger partial charge in [-0.3, -0.25) is 0 Å². The zero-order chi connectivity index (χ0) is 14.3. The first kappa shape index (κ1) is 15.3. The van der Waals surface area contributed by atoms with Crippen LogP contribution in [0.4, 0.5) is 26.3 Å². The predicted octanol–water partition coefficient (Wildman–Crippen LogP) is 5.06. The molecule has 1 unspecified atom stereocenters. The summed E-state index contributed by atoms with van der Waals surface area (Å²) in [5.41, 5.74) is -5.21. The molecule has 0 aliphatic heterocycles. The Balaban J connectivity index is 3.51. The summed E-state index contributed by atoms with van der Waals surface area (Å²) in [6, 6.07) is 1.55. The van der Waals surface area contributed by atoms with Crippen molar-refractivity contribution in [2.75, 3.05) is 0 Å². The number of aryl methyl sites for hydroxylation is 2. The van der Waals surface area contributed by atoms with E-state index in [4.69, 9.17) is 0 Å². The zero-order valence-electron chi connectivity index (χ0n) is 9.38. The highest BCUT2D eigenvalue weighted by Crippen LogP contribution is 2.47. The van der Waals surface area contributed by atoms with Gasteiger partial charge in [0.1, 0.15) is 0 Å². The fourth-order valence-corrected chi connectivity index (χ4v) is 1.80. The third-order valence-corrected chi connectivity index (χ3v) is 3.82. The quantitative estimate of drug-likeness (QED) is 0.663. The monoisotopic (exact) mass is 334 g/mol. The number of rotatable bonds is 2. The molecule has 0 aliphatic carbocycles. The lowest BCUT2D eigenvalue weighted by Crippen LogP contribution is -2.44. The molecule has 0 bridgehead atoms. The molecule has 1 atom stereocenters. The van der Waals surface area contributed by atoms with Gasteiger partial charge in [-0.05, 0) is 25.0 Å². The van der Waals surface area contributed by atoms with Crippen molar-refractivity contribution in [3.63, 3.8) is 0 Å². The third-order valence-electron chi connectivity index (χ3n) is 2.57. The topological polar surface area (TPSA) is 0 Å². The summed E-state index contributed by atoms with van der Waals surface area (Å²) in [6.45, 7) is 2.81. The Morgan fingerprint density at radius 2 is 1.39 bits per heavy atom. The summed E-state index contributed by atoms with van der Waals surface area (Å²) in [5, 5.41) is 0. The molecule has 0 spiro atoms. The third kappa shape index (κ3) is 2.37. The number of hydrogen-bond donors (Lipinski definition) is 0. The molecule has 7 heteroatoms. The molecule has 0 saturated heterocycles. The van der Waals surface area contributed by atoms with Gasteiger partial charge in [0.05, 0.1) is 0 Å². The summed E-state index contributed by atoms with van der Waals surface area (Å²) in [7, 11) is 0. The van der Waals surface area contributed by atoms with Crippen LogP contribution in [0.3, 0.4) is 0 Å². The van der Waals surface area contributed by atoms with E-state index in [1.54, 1.807) is 0 Å². The van der Waals surface area contributed by atoms with Crippen LogP contribution in [0, 0.1) is 13.8 Å². The normalized spacial score (nSPS) is 15.9. The largest absolute Gasteiger partial charge is 0.432 e. The van der Waals surface area contributed by atoms with Crippen molar-refractivity contribution in [1.29, 1.82) is 0 Å². The summed E-state index contributed by atoms with van der Waals surface area (Å²) < 4.78 is 76.9. The van der Waals surface area contributed by atoms with Crippen molar-refractivity contribution in [1.82, 2.24) is 0 Å². The van der Waals surface area contributed by atoms with Gasteiger partial charge in [0.2, 0.25) is 0 Å². The number of hydrogen-bond acceptors (Lipinski definition) is 0. The Morgan fingerprint density at radius 1 is 1.00 bits per heavy atom. The molecule has 0 fully saturated rings. The van der Waals surface area contributed by atoms with Gasteiger partial charge >= 0.3 is 6.18 Å². The Morgan fingerprint density at radius 3 is 1.67 bits per heavy atom. The van der Waals surface area contributed by atoms with E-state index in [1.807, 2.05) is 0 Å². The standard InChI is InChI=1S/C11H9BrF6/c1-5-3-7(4-6(2)8(5)12)10(15,9(13)14)11(16,17)18/h3-4,9H,1-2H3. The van der Waals surface area contributed by atoms with Crippen molar-refractivity contribution in [2.45, 2.75) is 32.1 Å². The number of benzene rings is 1. The van der Waals surface area contributed by atoms with Crippen molar-refractivity contribution in [3.05, 3.63) is 33.3 Å². The van der Waals surface area contributed by atoms with Crippen LogP contribution in [0.25, 0.3) is 0 Å². The molecule has 18 heavy (non-hydrogen) atoms. The van der Waals surface area contributed by atoms with Crippen LogP contribution in [0.15, 0.2) is 16.6 Å². The summed E-state index contributed by atoms with van der Waals surface area (Å²) in [6.07, 6.45) is -9.86. The molecule has 0 saturated carbocycles. The Hall–Kier alpha value is -0.720. The average Bonchev–Trinajstić information content (AvgIpc) is 2.21. The lowest BCUT2D eigenvalue weighted by Gasteiger charge is -2.28. The molecule has 0 aliphatic rings. The first-order valence-electron chi connectivity index (χ1n) is 4.82. The van der Waals surface area contributed by atoms with Crippen LogP contribution in [0.2, 0.25) is 0 Å². The second-order valence-electron chi connectivity index (χ2n) is 3.93. The molecule has 0 aromatic heterocycles. The van der Waals surface area contributed by atoms with E-state index in [0.29, 0.717) is 4.47 Å². The number of halogens is 7. The van der Waals surface area contributed by atoms with Gasteiger partial charge in [-0.25, -0.2) is 13.2 Å². The highest BCUT2D eigenvalue weighted by Gasteiger charge is 2.64. The second kappa shape index (κ2) is 4.75. The fourth-order valence-electron chi connectivity index (χ4n) is 1.57. The maximum absolute atomic E-state index is 13.8. The molecule has 1 rings (SSSR count). The highest BCUT2D eigenvalue weighted by molar-refractivity contribution is 9.10. The predicted molar refractivity (Wildman–Crippen MR) is 58.5 cm³/mol. The van der Waals surface area contributed by atoms with Crippen molar-refractivity contribution in [3.8, 4) is 0 Å². The maximum Gasteiger partial charge on any atom is 0.432 e. The van der Waals surface area contributed by atoms with Crippen molar-refractivity contribution >= 4 is 15.9 Å². The van der Waals surface area contributed by atoms with Crippen LogP contribution >= 0.6 is 15.9 Å². The Kier molecular flexibility index (Phi) is 4.05. The zero-order valence-corrected chi connectivity index (χ0v) is 11.0. The minimum absolute atomic E-state index is 0.261. The van der Waals surface area contributed by atoms with Gasteiger partial charge in [0.15, 0.2) is 0 Å². The Labute approximate surface area is 108 Å². The molecule has 1 aromatic rings. The van der Waals surface area contributed by atoms with E-state index >= 15 is 0 Å². The van der Waals surface area contributed by atoms with Gasteiger partial charge in [-0.1, -0.05) is 28.1 Å². The fraction of sp³-hybridized carbons (Fsp3) is 0.455. The smallest absolute Gasteiger partial charge is 0.222 e. The van der Waals surface area contributed by atoms with Gasteiger partial charge < -0.3 is 0 Å². The summed E-state index contributed by atoms with van der Waals surface area (Å²) in [4.78, 5) is 0. The lowest BCUT2D eigenvalue weighted by atomic mass is 9.92. The van der Waals surface area contributed by atoms with Crippen LogP contribution in [0.5, 0.6) is 0 Å².